The number of aromatic nitrogens is 2. The van der Waals surface area contributed by atoms with E-state index in [1.165, 1.54) is 0 Å². The highest BCUT2D eigenvalue weighted by atomic mass is 32.2. The summed E-state index contributed by atoms with van der Waals surface area (Å²) in [5.74, 6) is -0.782. The molecule has 1 unspecified atom stereocenters. The normalized spacial score (nSPS) is 14.3. The van der Waals surface area contributed by atoms with E-state index in [0.29, 0.717) is 6.42 Å². The second-order valence-electron chi connectivity index (χ2n) is 5.60. The van der Waals surface area contributed by atoms with Crippen molar-refractivity contribution in [2.24, 2.45) is 5.73 Å². The van der Waals surface area contributed by atoms with Crippen LogP contribution in [0.5, 0.6) is 0 Å². The van der Waals surface area contributed by atoms with E-state index in [1.54, 1.807) is 17.8 Å². The van der Waals surface area contributed by atoms with Crippen LogP contribution < -0.4 is 5.73 Å². The van der Waals surface area contributed by atoms with Gasteiger partial charge in [-0.15, -0.1) is 0 Å². The first-order chi connectivity index (χ1) is 10.8. The minimum absolute atomic E-state index is 0.173. The van der Waals surface area contributed by atoms with E-state index in [0.717, 1.165) is 17.5 Å². The molecule has 23 heavy (non-hydrogen) atoms. The number of primary amides is 1. The summed E-state index contributed by atoms with van der Waals surface area (Å²) in [7, 11) is -3.58. The fourth-order valence-corrected chi connectivity index (χ4v) is 4.05. The van der Waals surface area contributed by atoms with Crippen molar-refractivity contribution < 1.29 is 13.2 Å². The third-order valence-electron chi connectivity index (χ3n) is 4.25. The van der Waals surface area contributed by atoms with Crippen LogP contribution in [-0.2, 0) is 21.1 Å². The molecule has 0 spiro atoms. The molecule has 0 saturated carbocycles. The van der Waals surface area contributed by atoms with Crippen molar-refractivity contribution in [1.82, 2.24) is 9.78 Å². The lowest BCUT2D eigenvalue weighted by atomic mass is 9.95. The predicted molar refractivity (Wildman–Crippen MR) is 88.9 cm³/mol. The Kier molecular flexibility index (Phi) is 4.89. The molecule has 0 saturated heterocycles. The van der Waals surface area contributed by atoms with E-state index in [4.69, 9.17) is 5.73 Å². The Morgan fingerprint density at radius 3 is 2.39 bits per heavy atom. The molecule has 1 heterocycles. The monoisotopic (exact) mass is 335 g/mol. The maximum atomic E-state index is 12.0. The van der Waals surface area contributed by atoms with Crippen LogP contribution in [0, 0.1) is 0 Å². The highest BCUT2D eigenvalue weighted by Gasteiger charge is 2.44. The summed E-state index contributed by atoms with van der Waals surface area (Å²) in [5, 5.41) is 4.15. The predicted octanol–water partition coefficient (Wildman–Crippen LogP) is 1.48. The summed E-state index contributed by atoms with van der Waals surface area (Å²) in [4.78, 5) is 11.8. The summed E-state index contributed by atoms with van der Waals surface area (Å²) in [6.45, 7) is 1.67. The average Bonchev–Trinajstić information content (AvgIpc) is 3.01. The highest BCUT2D eigenvalue weighted by Crippen LogP contribution is 2.27. The number of carbonyl (C=O) groups excluding carboxylic acids is 1. The average molecular weight is 335 g/mol. The Hall–Kier alpha value is -2.15. The number of hydrogen-bond donors (Lipinski definition) is 1. The summed E-state index contributed by atoms with van der Waals surface area (Å²) in [6, 6.07) is 9.45. The molecule has 0 aliphatic heterocycles. The molecular formula is C16H21N3O3S. The van der Waals surface area contributed by atoms with Crippen LogP contribution >= 0.6 is 0 Å². The Bertz CT molecular complexity index is 767. The van der Waals surface area contributed by atoms with Gasteiger partial charge in [0.25, 0.3) is 0 Å². The quantitative estimate of drug-likeness (QED) is 0.829. The van der Waals surface area contributed by atoms with Gasteiger partial charge in [-0.25, -0.2) is 13.1 Å². The zero-order valence-electron chi connectivity index (χ0n) is 13.3. The second kappa shape index (κ2) is 6.54. The molecule has 1 aromatic heterocycles. The number of aryl methyl sites for hydroxylation is 1. The first kappa shape index (κ1) is 17.2. The summed E-state index contributed by atoms with van der Waals surface area (Å²) >= 11 is 0. The van der Waals surface area contributed by atoms with Crippen LogP contribution in [-0.4, -0.2) is 35.1 Å². The lowest BCUT2D eigenvalue weighted by molar-refractivity contribution is -0.120. The van der Waals surface area contributed by atoms with Crippen LogP contribution in [0.15, 0.2) is 42.7 Å². The fourth-order valence-electron chi connectivity index (χ4n) is 2.69. The highest BCUT2D eigenvalue weighted by molar-refractivity contribution is 7.92. The number of nitrogens with two attached hydrogens (primary N) is 1. The fraction of sp³-hybridized carbons (Fsp3) is 0.375. The Balaban J connectivity index is 2.17. The van der Waals surface area contributed by atoms with E-state index < -0.39 is 20.5 Å². The topological polar surface area (TPSA) is 95.1 Å². The van der Waals surface area contributed by atoms with Gasteiger partial charge in [0.2, 0.25) is 5.91 Å². The molecule has 7 heteroatoms. The first-order valence-corrected chi connectivity index (χ1v) is 9.28. The molecule has 1 amide bonds. The van der Waals surface area contributed by atoms with Gasteiger partial charge in [-0.1, -0.05) is 19.1 Å². The smallest absolute Gasteiger partial charge is 0.238 e. The molecule has 2 rings (SSSR count). The van der Waals surface area contributed by atoms with Crippen molar-refractivity contribution in [1.29, 1.82) is 0 Å². The summed E-state index contributed by atoms with van der Waals surface area (Å²) < 4.78 is 24.3. The van der Waals surface area contributed by atoms with Crippen LogP contribution in [0.3, 0.4) is 0 Å². The van der Waals surface area contributed by atoms with Gasteiger partial charge in [0.1, 0.15) is 4.75 Å². The molecule has 0 aliphatic carbocycles. The van der Waals surface area contributed by atoms with Gasteiger partial charge in [0.05, 0.1) is 5.69 Å². The maximum absolute atomic E-state index is 12.0. The lowest BCUT2D eigenvalue weighted by Crippen LogP contribution is -2.49. The largest absolute Gasteiger partial charge is 0.368 e. The van der Waals surface area contributed by atoms with Crippen LogP contribution in [0.4, 0.5) is 0 Å². The Morgan fingerprint density at radius 1 is 1.30 bits per heavy atom. The van der Waals surface area contributed by atoms with Crippen LogP contribution in [0.1, 0.15) is 25.3 Å². The van der Waals surface area contributed by atoms with E-state index in [-0.39, 0.29) is 12.8 Å². The molecule has 124 valence electrons. The van der Waals surface area contributed by atoms with E-state index >= 15 is 0 Å². The molecule has 0 radical (unpaired) electrons. The SMILES string of the molecule is CCC(CCc1ccc(-n2cccn2)cc1)(C(N)=O)S(C)(=O)=O. The Morgan fingerprint density at radius 2 is 1.96 bits per heavy atom. The molecule has 2 N–H and O–H groups in total. The maximum Gasteiger partial charge on any atom is 0.238 e. The van der Waals surface area contributed by atoms with E-state index in [2.05, 4.69) is 5.10 Å². The number of benzene rings is 1. The third-order valence-corrected chi connectivity index (χ3v) is 6.37. The van der Waals surface area contributed by atoms with E-state index in [9.17, 15) is 13.2 Å². The van der Waals surface area contributed by atoms with Crippen LogP contribution in [0.2, 0.25) is 0 Å². The molecule has 1 aromatic carbocycles. The van der Waals surface area contributed by atoms with Gasteiger partial charge < -0.3 is 5.73 Å². The zero-order chi connectivity index (χ0) is 17.1. The second-order valence-corrected chi connectivity index (χ2v) is 7.93. The minimum atomic E-state index is -3.58. The number of carbonyl (C=O) groups is 1. The Labute approximate surface area is 136 Å². The van der Waals surface area contributed by atoms with Crippen molar-refractivity contribution in [3.05, 3.63) is 48.3 Å². The van der Waals surface area contributed by atoms with Gasteiger partial charge in [-0.05, 0) is 43.0 Å². The molecule has 0 bridgehead atoms. The van der Waals surface area contributed by atoms with E-state index in [1.807, 2.05) is 36.5 Å². The number of hydrogen-bond acceptors (Lipinski definition) is 4. The number of amides is 1. The van der Waals surface area contributed by atoms with Gasteiger partial charge in [-0.2, -0.15) is 5.10 Å². The summed E-state index contributed by atoms with van der Waals surface area (Å²) in [6.07, 6.45) is 5.42. The number of nitrogens with zero attached hydrogens (tertiary/aromatic N) is 2. The van der Waals surface area contributed by atoms with Crippen molar-refractivity contribution in [3.63, 3.8) is 0 Å². The zero-order valence-corrected chi connectivity index (χ0v) is 14.1. The van der Waals surface area contributed by atoms with Crippen LogP contribution in [0.25, 0.3) is 5.69 Å². The lowest BCUT2D eigenvalue weighted by Gasteiger charge is -2.27. The van der Waals surface area contributed by atoms with Crippen molar-refractivity contribution >= 4 is 15.7 Å². The molecule has 0 fully saturated rings. The molecule has 2 aromatic rings. The third kappa shape index (κ3) is 3.44. The molecule has 1 atom stereocenters. The van der Waals surface area contributed by atoms with Crippen molar-refractivity contribution in [3.8, 4) is 5.69 Å². The van der Waals surface area contributed by atoms with Crippen molar-refractivity contribution in [2.45, 2.75) is 30.9 Å². The van der Waals surface area contributed by atoms with Gasteiger partial charge >= 0.3 is 0 Å². The van der Waals surface area contributed by atoms with Gasteiger partial charge in [-0.3, -0.25) is 4.79 Å². The van der Waals surface area contributed by atoms with Gasteiger partial charge in [0, 0.05) is 18.6 Å². The first-order valence-electron chi connectivity index (χ1n) is 7.38. The standard InChI is InChI=1S/C16H21N3O3S/c1-3-16(15(17)20,23(2,21)22)10-9-13-5-7-14(8-6-13)19-12-4-11-18-19/h4-8,11-12H,3,9-10H2,1-2H3,(H2,17,20). The number of rotatable bonds is 7. The molecular weight excluding hydrogens is 314 g/mol. The molecule has 0 aliphatic rings. The molecule has 6 nitrogen and oxygen atoms in total. The van der Waals surface area contributed by atoms with Crippen molar-refractivity contribution in [2.75, 3.05) is 6.26 Å². The number of sulfone groups is 1. The minimum Gasteiger partial charge on any atom is -0.368 e. The summed E-state index contributed by atoms with van der Waals surface area (Å²) in [5.41, 5.74) is 7.25. The van der Waals surface area contributed by atoms with Gasteiger partial charge in [0.15, 0.2) is 9.84 Å².